The van der Waals surface area contributed by atoms with E-state index >= 15 is 0 Å². The van der Waals surface area contributed by atoms with Crippen LogP contribution in [0.2, 0.25) is 4.34 Å². The Morgan fingerprint density at radius 3 is 2.59 bits per heavy atom. The van der Waals surface area contributed by atoms with Crippen molar-refractivity contribution in [1.29, 1.82) is 0 Å². The minimum Gasteiger partial charge on any atom is -0.385 e. The number of amides is 3. The molecule has 0 atom stereocenters. The fourth-order valence-electron chi connectivity index (χ4n) is 3.61. The summed E-state index contributed by atoms with van der Waals surface area (Å²) >= 11 is 6.54. The van der Waals surface area contributed by atoms with Crippen LogP contribution in [0.1, 0.15) is 22.8 Å². The average molecular weight is 523 g/mol. The highest BCUT2D eigenvalue weighted by molar-refractivity contribution is 7.92. The quantitative estimate of drug-likeness (QED) is 0.435. The summed E-state index contributed by atoms with van der Waals surface area (Å²) in [6, 6.07) is 10.9. The van der Waals surface area contributed by atoms with Gasteiger partial charge in [0.15, 0.2) is 0 Å². The fourth-order valence-corrected chi connectivity index (χ4v) is 6.00. The number of carbonyl (C=O) groups is 2. The Labute approximate surface area is 204 Å². The van der Waals surface area contributed by atoms with Gasteiger partial charge < -0.3 is 15.5 Å². The third-order valence-corrected chi connectivity index (χ3v) is 8.16. The SMILES string of the molecule is CCNc1ccc2c(c1)CCN(c1ccc(NC(=O)NS(=O)(=O)c3ccc(Cl)s3)cc1F)C2=O. The van der Waals surface area contributed by atoms with Crippen LogP contribution in [0.25, 0.3) is 0 Å². The molecule has 0 aliphatic carbocycles. The molecular formula is C22H20ClFN4O4S2. The number of urea groups is 1. The molecule has 1 aliphatic heterocycles. The summed E-state index contributed by atoms with van der Waals surface area (Å²) in [5, 5.41) is 5.49. The molecule has 0 spiro atoms. The van der Waals surface area contributed by atoms with E-state index in [-0.39, 0.29) is 25.8 Å². The molecule has 0 fully saturated rings. The second-order valence-electron chi connectivity index (χ2n) is 7.39. The van der Waals surface area contributed by atoms with Crippen LogP contribution in [0.5, 0.6) is 0 Å². The molecule has 8 nitrogen and oxygen atoms in total. The summed E-state index contributed by atoms with van der Waals surface area (Å²) in [7, 11) is -4.12. The highest BCUT2D eigenvalue weighted by atomic mass is 35.5. The molecule has 1 aromatic heterocycles. The lowest BCUT2D eigenvalue weighted by Gasteiger charge is -2.29. The normalized spacial score (nSPS) is 13.4. The van der Waals surface area contributed by atoms with Gasteiger partial charge in [0, 0.05) is 30.0 Å². The third kappa shape index (κ3) is 5.01. The zero-order valence-corrected chi connectivity index (χ0v) is 20.3. The molecule has 0 unspecified atom stereocenters. The molecule has 1 aliphatic rings. The fraction of sp³-hybridized carbons (Fsp3) is 0.182. The molecule has 0 radical (unpaired) electrons. The number of nitrogens with zero attached hydrogens (tertiary/aromatic N) is 1. The van der Waals surface area contributed by atoms with Gasteiger partial charge in [0.05, 0.1) is 10.0 Å². The maximum atomic E-state index is 14.9. The molecule has 0 bridgehead atoms. The van der Waals surface area contributed by atoms with Crippen molar-refractivity contribution < 1.29 is 22.4 Å². The van der Waals surface area contributed by atoms with Crippen LogP contribution in [0.15, 0.2) is 52.7 Å². The van der Waals surface area contributed by atoms with Crippen LogP contribution < -0.4 is 20.3 Å². The number of thiophene rings is 1. The monoisotopic (exact) mass is 522 g/mol. The van der Waals surface area contributed by atoms with Crippen LogP contribution in [-0.2, 0) is 16.4 Å². The van der Waals surface area contributed by atoms with Crippen molar-refractivity contribution in [3.63, 3.8) is 0 Å². The van der Waals surface area contributed by atoms with Crippen molar-refractivity contribution in [1.82, 2.24) is 4.72 Å². The minimum atomic E-state index is -4.12. The van der Waals surface area contributed by atoms with Crippen molar-refractivity contribution in [3.05, 3.63) is 69.8 Å². The topological polar surface area (TPSA) is 108 Å². The van der Waals surface area contributed by atoms with Gasteiger partial charge in [-0.25, -0.2) is 22.3 Å². The van der Waals surface area contributed by atoms with Crippen molar-refractivity contribution in [2.45, 2.75) is 17.6 Å². The van der Waals surface area contributed by atoms with Crippen molar-refractivity contribution in [2.75, 3.05) is 28.6 Å². The third-order valence-electron chi connectivity index (χ3n) is 5.10. The summed E-state index contributed by atoms with van der Waals surface area (Å²) in [5.74, 6) is -1.05. The zero-order valence-electron chi connectivity index (χ0n) is 17.9. The summed E-state index contributed by atoms with van der Waals surface area (Å²) in [5.41, 5.74) is 2.42. The Morgan fingerprint density at radius 2 is 1.91 bits per heavy atom. The largest absolute Gasteiger partial charge is 0.385 e. The first-order valence-electron chi connectivity index (χ1n) is 10.3. The molecule has 0 saturated heterocycles. The maximum Gasteiger partial charge on any atom is 0.333 e. The first-order valence-corrected chi connectivity index (χ1v) is 12.9. The van der Waals surface area contributed by atoms with Crippen LogP contribution in [0.4, 0.5) is 26.2 Å². The number of hydrogen-bond acceptors (Lipinski definition) is 6. The van der Waals surface area contributed by atoms with Crippen molar-refractivity contribution >= 4 is 62.0 Å². The first kappa shape index (κ1) is 24.0. The van der Waals surface area contributed by atoms with E-state index in [4.69, 9.17) is 11.6 Å². The Hall–Kier alpha value is -3.15. The number of halogens is 2. The molecule has 3 aromatic rings. The number of hydrogen-bond donors (Lipinski definition) is 3. The van der Waals surface area contributed by atoms with Gasteiger partial charge >= 0.3 is 6.03 Å². The lowest BCUT2D eigenvalue weighted by Crippen LogP contribution is -2.38. The molecule has 3 N–H and O–H groups in total. The van der Waals surface area contributed by atoms with E-state index in [2.05, 4.69) is 10.6 Å². The van der Waals surface area contributed by atoms with Gasteiger partial charge in [0.1, 0.15) is 10.0 Å². The van der Waals surface area contributed by atoms with E-state index in [0.717, 1.165) is 35.2 Å². The summed E-state index contributed by atoms with van der Waals surface area (Å²) in [6.45, 7) is 3.04. The number of fused-ring (bicyclic) bond motifs is 1. The number of anilines is 3. The lowest BCUT2D eigenvalue weighted by atomic mass is 9.97. The first-order chi connectivity index (χ1) is 16.2. The Morgan fingerprint density at radius 1 is 1.15 bits per heavy atom. The second kappa shape index (κ2) is 9.61. The molecule has 3 amide bonds. The van der Waals surface area contributed by atoms with Crippen molar-refractivity contribution in [3.8, 4) is 0 Å². The molecular weight excluding hydrogens is 503 g/mol. The maximum absolute atomic E-state index is 14.9. The van der Waals surface area contributed by atoms with Crippen LogP contribution in [0.3, 0.4) is 0 Å². The summed E-state index contributed by atoms with van der Waals surface area (Å²) < 4.78 is 41.3. The van der Waals surface area contributed by atoms with Gasteiger partial charge in [-0.3, -0.25) is 4.79 Å². The van der Waals surface area contributed by atoms with Crippen LogP contribution in [-0.4, -0.2) is 33.4 Å². The number of sulfonamides is 1. The molecule has 4 rings (SSSR count). The summed E-state index contributed by atoms with van der Waals surface area (Å²) in [4.78, 5) is 26.5. The molecule has 178 valence electrons. The van der Waals surface area contributed by atoms with E-state index in [9.17, 15) is 22.4 Å². The van der Waals surface area contributed by atoms with Gasteiger partial charge in [-0.2, -0.15) is 0 Å². The Bertz CT molecular complexity index is 1380. The smallest absolute Gasteiger partial charge is 0.333 e. The molecule has 0 saturated carbocycles. The van der Waals surface area contributed by atoms with Crippen molar-refractivity contribution in [2.24, 2.45) is 0 Å². The van der Waals surface area contributed by atoms with E-state index < -0.39 is 21.9 Å². The van der Waals surface area contributed by atoms with E-state index in [1.54, 1.807) is 6.07 Å². The Kier molecular flexibility index (Phi) is 6.78. The Balaban J connectivity index is 1.47. The van der Waals surface area contributed by atoms with Crippen LogP contribution >= 0.6 is 22.9 Å². The minimum absolute atomic E-state index is 0.0262. The number of benzene rings is 2. The molecule has 2 aromatic carbocycles. The number of carbonyl (C=O) groups excluding carboxylic acids is 2. The lowest BCUT2D eigenvalue weighted by molar-refractivity contribution is 0.0979. The highest BCUT2D eigenvalue weighted by Gasteiger charge is 2.28. The van der Waals surface area contributed by atoms with Gasteiger partial charge in [0.2, 0.25) is 0 Å². The van der Waals surface area contributed by atoms with E-state index in [0.29, 0.717) is 18.5 Å². The summed E-state index contributed by atoms with van der Waals surface area (Å²) in [6.07, 6.45) is 0.562. The van der Waals surface area contributed by atoms with Gasteiger partial charge in [-0.1, -0.05) is 11.6 Å². The highest BCUT2D eigenvalue weighted by Crippen LogP contribution is 2.30. The molecule has 12 heteroatoms. The van der Waals surface area contributed by atoms with Crippen LogP contribution in [0, 0.1) is 5.82 Å². The zero-order chi connectivity index (χ0) is 24.5. The molecule has 34 heavy (non-hydrogen) atoms. The van der Waals surface area contributed by atoms with Gasteiger partial charge in [0.25, 0.3) is 15.9 Å². The number of rotatable bonds is 6. The predicted molar refractivity (Wildman–Crippen MR) is 131 cm³/mol. The standard InChI is InChI=1S/C22H20ClFN4O4S2/c1-2-25-14-3-5-16-13(11-14)9-10-28(21(16)29)18-6-4-15(12-17(18)24)26-22(30)27-34(31,32)20-8-7-19(23)33-20/h3-8,11-12,25H,2,9-10H2,1H3,(H2,26,27,30). The predicted octanol–water partition coefficient (Wildman–Crippen LogP) is 4.69. The number of nitrogens with one attached hydrogen (secondary N) is 3. The molecule has 2 heterocycles. The van der Waals surface area contributed by atoms with E-state index in [1.807, 2.05) is 23.8 Å². The second-order valence-corrected chi connectivity index (χ2v) is 11.0. The van der Waals surface area contributed by atoms with Gasteiger partial charge in [-0.05, 0) is 67.4 Å². The van der Waals surface area contributed by atoms with Gasteiger partial charge in [-0.15, -0.1) is 11.3 Å². The average Bonchev–Trinajstić information content (AvgIpc) is 3.22. The van der Waals surface area contributed by atoms with E-state index in [1.165, 1.54) is 29.2 Å².